The van der Waals surface area contributed by atoms with Crippen LogP contribution in [0, 0.1) is 0 Å². The topological polar surface area (TPSA) is 64.9 Å². The van der Waals surface area contributed by atoms with E-state index >= 15 is 0 Å². The zero-order valence-corrected chi connectivity index (χ0v) is 11.9. The average Bonchev–Trinajstić information content (AvgIpc) is 2.77. The predicted molar refractivity (Wildman–Crippen MR) is 70.3 cm³/mol. The number of nitrogens with one attached hydrogen (secondary N) is 1. The van der Waals surface area contributed by atoms with Gasteiger partial charge in [0.1, 0.15) is 0 Å². The largest absolute Gasteiger partial charge is 0.380 e. The van der Waals surface area contributed by atoms with Gasteiger partial charge in [0.25, 0.3) is 0 Å². The summed E-state index contributed by atoms with van der Waals surface area (Å²) >= 11 is 0. The first kappa shape index (κ1) is 15.0. The molecule has 1 aromatic heterocycles. The predicted octanol–water partition coefficient (Wildman–Crippen LogP) is 0.936. The molecule has 2 atom stereocenters. The number of rotatable bonds is 9. The van der Waals surface area contributed by atoms with E-state index in [0.717, 1.165) is 38.1 Å². The lowest BCUT2D eigenvalue weighted by Crippen LogP contribution is -2.43. The number of aryl methyl sites for hydroxylation is 1. The van der Waals surface area contributed by atoms with E-state index in [1.54, 1.807) is 14.2 Å². The zero-order chi connectivity index (χ0) is 13.4. The molecular weight excluding hydrogens is 230 g/mol. The lowest BCUT2D eigenvalue weighted by molar-refractivity contribution is 0.0603. The van der Waals surface area contributed by atoms with Crippen LogP contribution in [0.2, 0.25) is 0 Å². The van der Waals surface area contributed by atoms with E-state index in [9.17, 15) is 0 Å². The van der Waals surface area contributed by atoms with Crippen molar-refractivity contribution in [1.82, 2.24) is 25.5 Å². The molecule has 0 fully saturated rings. The second-order valence-electron chi connectivity index (χ2n) is 4.52. The fourth-order valence-corrected chi connectivity index (χ4v) is 2.03. The first-order valence-electron chi connectivity index (χ1n) is 6.70. The van der Waals surface area contributed by atoms with Crippen molar-refractivity contribution in [2.24, 2.45) is 7.05 Å². The van der Waals surface area contributed by atoms with Crippen molar-refractivity contribution in [1.29, 1.82) is 0 Å². The minimum absolute atomic E-state index is 0.199. The van der Waals surface area contributed by atoms with E-state index in [2.05, 4.69) is 34.6 Å². The highest BCUT2D eigenvalue weighted by Gasteiger charge is 2.22. The Hall–Kier alpha value is -1.01. The van der Waals surface area contributed by atoms with E-state index in [1.807, 2.05) is 0 Å². The smallest absolute Gasteiger partial charge is 0.176 e. The summed E-state index contributed by atoms with van der Waals surface area (Å²) in [5.74, 6) is 0.768. The molecule has 0 aliphatic rings. The SMILES string of the molecule is CCCNC(Cc1nnn(C)n1)C(CCC)OC. The van der Waals surface area contributed by atoms with Gasteiger partial charge in [-0.15, -0.1) is 10.2 Å². The van der Waals surface area contributed by atoms with Crippen LogP contribution >= 0.6 is 0 Å². The second kappa shape index (κ2) is 8.16. The summed E-state index contributed by atoms with van der Waals surface area (Å²) < 4.78 is 5.58. The van der Waals surface area contributed by atoms with E-state index in [1.165, 1.54) is 4.80 Å². The summed E-state index contributed by atoms with van der Waals surface area (Å²) in [6.45, 7) is 5.31. The van der Waals surface area contributed by atoms with Crippen molar-refractivity contribution in [3.05, 3.63) is 5.82 Å². The Labute approximate surface area is 109 Å². The number of methoxy groups -OCH3 is 1. The number of aromatic nitrogens is 4. The Morgan fingerprint density at radius 3 is 2.61 bits per heavy atom. The van der Waals surface area contributed by atoms with Gasteiger partial charge in [0.2, 0.25) is 0 Å². The Kier molecular flexibility index (Phi) is 6.82. The number of nitrogens with zero attached hydrogens (tertiary/aromatic N) is 4. The molecule has 0 saturated carbocycles. The van der Waals surface area contributed by atoms with Crippen LogP contribution in [-0.4, -0.2) is 46.0 Å². The summed E-state index contributed by atoms with van der Waals surface area (Å²) in [6, 6.07) is 0.249. The Bertz CT molecular complexity index is 328. The van der Waals surface area contributed by atoms with Crippen molar-refractivity contribution in [3.8, 4) is 0 Å². The third-order valence-electron chi connectivity index (χ3n) is 2.93. The van der Waals surface area contributed by atoms with Gasteiger partial charge in [0, 0.05) is 19.6 Å². The van der Waals surface area contributed by atoms with Crippen LogP contribution in [0.4, 0.5) is 0 Å². The quantitative estimate of drug-likeness (QED) is 0.711. The van der Waals surface area contributed by atoms with E-state index in [0.29, 0.717) is 0 Å². The van der Waals surface area contributed by atoms with Crippen LogP contribution in [0.25, 0.3) is 0 Å². The Morgan fingerprint density at radius 2 is 2.11 bits per heavy atom. The average molecular weight is 255 g/mol. The van der Waals surface area contributed by atoms with Gasteiger partial charge in [-0.3, -0.25) is 0 Å². The Morgan fingerprint density at radius 1 is 1.33 bits per heavy atom. The zero-order valence-electron chi connectivity index (χ0n) is 11.9. The number of ether oxygens (including phenoxy) is 1. The lowest BCUT2D eigenvalue weighted by atomic mass is 10.0. The molecule has 0 aliphatic carbocycles. The summed E-state index contributed by atoms with van der Waals surface area (Å²) in [5, 5.41) is 15.7. The van der Waals surface area contributed by atoms with Crippen LogP contribution in [0.5, 0.6) is 0 Å². The molecule has 1 rings (SSSR count). The monoisotopic (exact) mass is 255 g/mol. The molecule has 0 aromatic carbocycles. The van der Waals surface area contributed by atoms with Crippen molar-refractivity contribution in [2.45, 2.75) is 51.7 Å². The van der Waals surface area contributed by atoms with Crippen LogP contribution < -0.4 is 5.32 Å². The summed E-state index contributed by atoms with van der Waals surface area (Å²) in [4.78, 5) is 1.49. The maximum absolute atomic E-state index is 5.58. The highest BCUT2D eigenvalue weighted by molar-refractivity contribution is 4.88. The van der Waals surface area contributed by atoms with Gasteiger partial charge in [0.15, 0.2) is 5.82 Å². The van der Waals surface area contributed by atoms with Crippen LogP contribution in [0.1, 0.15) is 38.9 Å². The van der Waals surface area contributed by atoms with Crippen LogP contribution in [0.3, 0.4) is 0 Å². The summed E-state index contributed by atoms with van der Waals surface area (Å²) in [6.07, 6.45) is 4.21. The minimum Gasteiger partial charge on any atom is -0.380 e. The molecule has 1 heterocycles. The number of tetrazole rings is 1. The standard InChI is InChI=1S/C12H25N5O/c1-5-7-11(18-4)10(13-8-6-2)9-12-14-16-17(3)15-12/h10-11,13H,5-9H2,1-4H3. The lowest BCUT2D eigenvalue weighted by Gasteiger charge is -2.25. The molecule has 0 aliphatic heterocycles. The molecule has 0 saturated heterocycles. The molecule has 1 aromatic rings. The van der Waals surface area contributed by atoms with Crippen molar-refractivity contribution < 1.29 is 4.74 Å². The first-order chi connectivity index (χ1) is 8.71. The second-order valence-corrected chi connectivity index (χ2v) is 4.52. The van der Waals surface area contributed by atoms with Crippen molar-refractivity contribution in [3.63, 3.8) is 0 Å². The summed E-state index contributed by atoms with van der Waals surface area (Å²) in [5.41, 5.74) is 0. The van der Waals surface area contributed by atoms with Crippen LogP contribution in [-0.2, 0) is 18.2 Å². The van der Waals surface area contributed by atoms with E-state index in [-0.39, 0.29) is 12.1 Å². The third-order valence-corrected chi connectivity index (χ3v) is 2.93. The first-order valence-corrected chi connectivity index (χ1v) is 6.70. The molecule has 2 unspecified atom stereocenters. The maximum atomic E-state index is 5.58. The van der Waals surface area contributed by atoms with Gasteiger partial charge in [-0.1, -0.05) is 20.3 Å². The molecule has 1 N–H and O–H groups in total. The fourth-order valence-electron chi connectivity index (χ4n) is 2.03. The Balaban J connectivity index is 2.63. The summed E-state index contributed by atoms with van der Waals surface area (Å²) in [7, 11) is 3.55. The van der Waals surface area contributed by atoms with Gasteiger partial charge >= 0.3 is 0 Å². The van der Waals surface area contributed by atoms with Gasteiger partial charge in [-0.25, -0.2) is 0 Å². The van der Waals surface area contributed by atoms with E-state index < -0.39 is 0 Å². The minimum atomic E-state index is 0.199. The molecular formula is C12H25N5O. The van der Waals surface area contributed by atoms with E-state index in [4.69, 9.17) is 4.74 Å². The fraction of sp³-hybridized carbons (Fsp3) is 0.917. The molecule has 0 spiro atoms. The molecule has 104 valence electrons. The molecule has 0 bridgehead atoms. The van der Waals surface area contributed by atoms with Gasteiger partial charge < -0.3 is 10.1 Å². The molecule has 6 nitrogen and oxygen atoms in total. The molecule has 6 heteroatoms. The molecule has 18 heavy (non-hydrogen) atoms. The highest BCUT2D eigenvalue weighted by atomic mass is 16.5. The molecule has 0 amide bonds. The van der Waals surface area contributed by atoms with Gasteiger partial charge in [-0.2, -0.15) is 4.80 Å². The van der Waals surface area contributed by atoms with Crippen LogP contribution in [0.15, 0.2) is 0 Å². The van der Waals surface area contributed by atoms with Gasteiger partial charge in [0.05, 0.1) is 13.2 Å². The number of hydrogen-bond acceptors (Lipinski definition) is 5. The van der Waals surface area contributed by atoms with Crippen molar-refractivity contribution >= 4 is 0 Å². The number of hydrogen-bond donors (Lipinski definition) is 1. The maximum Gasteiger partial charge on any atom is 0.176 e. The highest BCUT2D eigenvalue weighted by Crippen LogP contribution is 2.10. The molecule has 0 radical (unpaired) electrons. The van der Waals surface area contributed by atoms with Gasteiger partial charge in [-0.05, 0) is 24.6 Å². The normalized spacial score (nSPS) is 14.7. The van der Waals surface area contributed by atoms with Crippen molar-refractivity contribution in [2.75, 3.05) is 13.7 Å². The third kappa shape index (κ3) is 4.70.